The van der Waals surface area contributed by atoms with E-state index < -0.39 is 17.7 Å². The van der Waals surface area contributed by atoms with Gasteiger partial charge in [-0.2, -0.15) is 13.2 Å². The molecule has 0 aromatic heterocycles. The molecule has 0 radical (unpaired) electrons. The van der Waals surface area contributed by atoms with Crippen molar-refractivity contribution >= 4 is 11.7 Å². The van der Waals surface area contributed by atoms with Crippen molar-refractivity contribution in [2.75, 3.05) is 0 Å². The molecule has 0 aliphatic rings. The Labute approximate surface area is 170 Å². The molecule has 0 N–H and O–H groups in total. The molecule has 0 atom stereocenters. The Morgan fingerprint density at radius 3 is 2.27 bits per heavy atom. The molecule has 0 aliphatic heterocycles. The van der Waals surface area contributed by atoms with Crippen LogP contribution in [0.1, 0.15) is 34.8 Å². The number of hydrogen-bond acceptors (Lipinski definition) is 3. The predicted octanol–water partition coefficient (Wildman–Crippen LogP) is 6.48. The molecule has 30 heavy (non-hydrogen) atoms. The summed E-state index contributed by atoms with van der Waals surface area (Å²) in [5.41, 5.74) is 1.01. The molecule has 7 heteroatoms. The molecule has 154 valence electrons. The first-order chi connectivity index (χ1) is 14.3. The first-order valence-corrected chi connectivity index (χ1v) is 9.10. The van der Waals surface area contributed by atoms with Crippen molar-refractivity contribution < 1.29 is 27.2 Å². The first-order valence-electron chi connectivity index (χ1n) is 9.10. The predicted molar refractivity (Wildman–Crippen MR) is 106 cm³/mol. The quantitative estimate of drug-likeness (QED) is 0.207. The number of benzene rings is 3. The number of alkyl halides is 3. The summed E-state index contributed by atoms with van der Waals surface area (Å²) in [6, 6.07) is 17.2. The molecule has 0 amide bonds. The molecule has 0 saturated carbocycles. The van der Waals surface area contributed by atoms with Crippen LogP contribution in [-0.4, -0.2) is 11.7 Å². The van der Waals surface area contributed by atoms with Crippen LogP contribution in [0, 0.1) is 5.82 Å². The maximum atomic E-state index is 13.9. The number of rotatable bonds is 5. The number of halogens is 4. The third kappa shape index (κ3) is 4.92. The highest BCUT2D eigenvalue weighted by atomic mass is 19.4. The summed E-state index contributed by atoms with van der Waals surface area (Å²) in [6.45, 7) is 1.79. The van der Waals surface area contributed by atoms with Gasteiger partial charge in [-0.15, -0.1) is 0 Å². The van der Waals surface area contributed by atoms with E-state index >= 15 is 0 Å². The van der Waals surface area contributed by atoms with Crippen molar-refractivity contribution in [1.29, 1.82) is 0 Å². The van der Waals surface area contributed by atoms with Gasteiger partial charge in [-0.25, -0.2) is 9.18 Å². The molecule has 0 aliphatic carbocycles. The fourth-order valence-electron chi connectivity index (χ4n) is 2.83. The molecule has 3 nitrogen and oxygen atoms in total. The second kappa shape index (κ2) is 8.90. The van der Waals surface area contributed by atoms with Gasteiger partial charge in [0.2, 0.25) is 0 Å². The van der Waals surface area contributed by atoms with Crippen LogP contribution in [0.25, 0.3) is 11.1 Å². The van der Waals surface area contributed by atoms with Crippen LogP contribution >= 0.6 is 0 Å². The smallest absolute Gasteiger partial charge is 0.313 e. The van der Waals surface area contributed by atoms with Gasteiger partial charge in [0.25, 0.3) is 0 Å². The lowest BCUT2D eigenvalue weighted by atomic mass is 10.0. The summed E-state index contributed by atoms with van der Waals surface area (Å²) >= 11 is 0. The Kier molecular flexibility index (Phi) is 6.30. The van der Waals surface area contributed by atoms with Gasteiger partial charge in [0, 0.05) is 5.56 Å². The van der Waals surface area contributed by atoms with Gasteiger partial charge in [-0.1, -0.05) is 60.6 Å². The summed E-state index contributed by atoms with van der Waals surface area (Å²) in [5.74, 6) is -1.33. The number of carbonyl (C=O) groups is 1. The summed E-state index contributed by atoms with van der Waals surface area (Å²) in [5, 5.41) is 3.81. The first kappa shape index (κ1) is 21.2. The molecule has 3 aromatic carbocycles. The lowest BCUT2D eigenvalue weighted by molar-refractivity contribution is -0.137. The van der Waals surface area contributed by atoms with Crippen LogP contribution in [0.2, 0.25) is 0 Å². The van der Waals surface area contributed by atoms with Crippen molar-refractivity contribution in [1.82, 2.24) is 0 Å². The van der Waals surface area contributed by atoms with E-state index in [4.69, 9.17) is 4.84 Å². The zero-order valence-electron chi connectivity index (χ0n) is 15.9. The van der Waals surface area contributed by atoms with Gasteiger partial charge >= 0.3 is 12.1 Å². The minimum atomic E-state index is -4.56. The molecule has 3 rings (SSSR count). The van der Waals surface area contributed by atoms with E-state index in [1.165, 1.54) is 12.1 Å². The maximum Gasteiger partial charge on any atom is 0.416 e. The molecular weight excluding hydrogens is 398 g/mol. The lowest BCUT2D eigenvalue weighted by Crippen LogP contribution is -2.09. The summed E-state index contributed by atoms with van der Waals surface area (Å²) in [7, 11) is 0. The number of hydrogen-bond donors (Lipinski definition) is 0. The highest BCUT2D eigenvalue weighted by Crippen LogP contribution is 2.29. The van der Waals surface area contributed by atoms with Gasteiger partial charge < -0.3 is 4.84 Å². The second-order valence-corrected chi connectivity index (χ2v) is 6.41. The average Bonchev–Trinajstić information content (AvgIpc) is 2.74. The zero-order valence-corrected chi connectivity index (χ0v) is 15.9. The molecule has 0 bridgehead atoms. The number of nitrogens with zero attached hydrogens (tertiary/aromatic N) is 1. The van der Waals surface area contributed by atoms with E-state index in [0.717, 1.165) is 12.1 Å². The molecule has 3 aromatic rings. The van der Waals surface area contributed by atoms with Crippen LogP contribution in [0.4, 0.5) is 17.6 Å². The minimum Gasteiger partial charge on any atom is -0.313 e. The van der Waals surface area contributed by atoms with Gasteiger partial charge in [0.05, 0.1) is 16.8 Å². The van der Waals surface area contributed by atoms with Crippen LogP contribution < -0.4 is 0 Å². The zero-order chi connectivity index (χ0) is 21.7. The third-order valence-electron chi connectivity index (χ3n) is 4.40. The summed E-state index contributed by atoms with van der Waals surface area (Å²) in [6.07, 6.45) is -4.15. The van der Waals surface area contributed by atoms with Crippen molar-refractivity contribution in [3.05, 3.63) is 95.3 Å². The molecule has 0 heterocycles. The van der Waals surface area contributed by atoms with Gasteiger partial charge in [0.1, 0.15) is 5.82 Å². The third-order valence-corrected chi connectivity index (χ3v) is 4.40. The summed E-state index contributed by atoms with van der Waals surface area (Å²) in [4.78, 5) is 17.0. The van der Waals surface area contributed by atoms with E-state index in [1.807, 2.05) is 0 Å². The molecule has 0 fully saturated rings. The van der Waals surface area contributed by atoms with Crippen molar-refractivity contribution in [2.45, 2.75) is 19.5 Å². The Balaban J connectivity index is 1.78. The van der Waals surface area contributed by atoms with Gasteiger partial charge in [-0.3, -0.25) is 0 Å². The Morgan fingerprint density at radius 1 is 0.933 bits per heavy atom. The van der Waals surface area contributed by atoms with Gasteiger partial charge in [0.15, 0.2) is 0 Å². The van der Waals surface area contributed by atoms with Gasteiger partial charge in [-0.05, 0) is 41.8 Å². The van der Waals surface area contributed by atoms with Crippen LogP contribution in [0.3, 0.4) is 0 Å². The Hall–Kier alpha value is -3.48. The standard InChI is InChI=1S/C23H17F4NO2/c1-2-21(16-12-10-15(11-13-16)19-8-3-4-9-20(19)24)28-30-22(29)17-6-5-7-18(14-17)23(25,26)27/h3-14H,2H2,1H3. The van der Waals surface area contributed by atoms with Crippen molar-refractivity contribution in [3.8, 4) is 11.1 Å². The Morgan fingerprint density at radius 2 is 1.63 bits per heavy atom. The topological polar surface area (TPSA) is 38.7 Å². The highest BCUT2D eigenvalue weighted by Gasteiger charge is 2.31. The van der Waals surface area contributed by atoms with E-state index in [0.29, 0.717) is 34.9 Å². The fraction of sp³-hybridized carbons (Fsp3) is 0.130. The van der Waals surface area contributed by atoms with E-state index in [-0.39, 0.29) is 11.4 Å². The number of carbonyl (C=O) groups excluding carboxylic acids is 1. The van der Waals surface area contributed by atoms with E-state index in [1.54, 1.807) is 49.4 Å². The second-order valence-electron chi connectivity index (χ2n) is 6.41. The summed E-state index contributed by atoms with van der Waals surface area (Å²) < 4.78 is 52.3. The van der Waals surface area contributed by atoms with Crippen molar-refractivity contribution in [2.24, 2.45) is 5.16 Å². The maximum absolute atomic E-state index is 13.9. The normalized spacial score (nSPS) is 12.0. The largest absolute Gasteiger partial charge is 0.416 e. The van der Waals surface area contributed by atoms with Crippen molar-refractivity contribution in [3.63, 3.8) is 0 Å². The van der Waals surface area contributed by atoms with E-state index in [9.17, 15) is 22.4 Å². The van der Waals surface area contributed by atoms with Crippen LogP contribution in [-0.2, 0) is 11.0 Å². The average molecular weight is 415 g/mol. The van der Waals surface area contributed by atoms with E-state index in [2.05, 4.69) is 5.16 Å². The Bertz CT molecular complexity index is 1070. The molecular formula is C23H17F4NO2. The molecule has 0 saturated heterocycles. The minimum absolute atomic E-state index is 0.251. The highest BCUT2D eigenvalue weighted by molar-refractivity contribution is 6.01. The molecule has 0 spiro atoms. The number of oxime groups is 1. The SMILES string of the molecule is CCC(=NOC(=O)c1cccc(C(F)(F)F)c1)c1ccc(-c2ccccc2F)cc1. The van der Waals surface area contributed by atoms with Crippen LogP contribution in [0.5, 0.6) is 0 Å². The fourth-order valence-corrected chi connectivity index (χ4v) is 2.83. The molecule has 0 unspecified atom stereocenters. The van der Waals surface area contributed by atoms with Crippen LogP contribution in [0.15, 0.2) is 78.0 Å². The lowest BCUT2D eigenvalue weighted by Gasteiger charge is -2.08. The monoisotopic (exact) mass is 415 g/mol.